The lowest BCUT2D eigenvalue weighted by Gasteiger charge is -2.21. The number of hydrogen-bond donors (Lipinski definition) is 0. The fourth-order valence-electron chi connectivity index (χ4n) is 0.932. The normalized spacial score (nSPS) is 18.0. The van der Waals surface area contributed by atoms with Gasteiger partial charge in [0.2, 0.25) is 0 Å². The fourth-order valence-corrected chi connectivity index (χ4v) is 0.932. The van der Waals surface area contributed by atoms with Crippen LogP contribution in [0.15, 0.2) is 29.5 Å². The number of nitrogens with zero attached hydrogens (tertiary/aromatic N) is 2. The lowest BCUT2D eigenvalue weighted by atomic mass is 10.3. The predicted molar refractivity (Wildman–Crippen MR) is 43.8 cm³/mol. The summed E-state index contributed by atoms with van der Waals surface area (Å²) in [5, 5.41) is 0. The molecule has 1 aliphatic rings. The van der Waals surface area contributed by atoms with E-state index < -0.39 is 0 Å². The van der Waals surface area contributed by atoms with Crippen molar-refractivity contribution in [3.63, 3.8) is 0 Å². The van der Waals surface area contributed by atoms with E-state index in [-0.39, 0.29) is 0 Å². The number of allylic oxidation sites excluding steroid dienone is 2. The second kappa shape index (κ2) is 2.69. The third-order valence-corrected chi connectivity index (χ3v) is 1.56. The van der Waals surface area contributed by atoms with Crippen LogP contribution in [0.1, 0.15) is 13.8 Å². The first-order chi connectivity index (χ1) is 4.74. The molecule has 1 rings (SSSR count). The molecule has 0 radical (unpaired) electrons. The van der Waals surface area contributed by atoms with Gasteiger partial charge in [0.05, 0.1) is 0 Å². The Kier molecular flexibility index (Phi) is 1.90. The summed E-state index contributed by atoms with van der Waals surface area (Å²) in [5.74, 6) is 0. The maximum absolute atomic E-state index is 4.23. The zero-order valence-corrected chi connectivity index (χ0v) is 6.46. The lowest BCUT2D eigenvalue weighted by molar-refractivity contribution is 0.477. The van der Waals surface area contributed by atoms with Crippen molar-refractivity contribution in [1.29, 1.82) is 0 Å². The molecular weight excluding hydrogens is 124 g/mol. The molecule has 1 aliphatic heterocycles. The molecule has 10 heavy (non-hydrogen) atoms. The van der Waals surface area contributed by atoms with Crippen molar-refractivity contribution in [2.45, 2.75) is 13.8 Å². The molecule has 2 heteroatoms. The molecule has 0 fully saturated rings. The predicted octanol–water partition coefficient (Wildman–Crippen LogP) is 1.77. The van der Waals surface area contributed by atoms with Gasteiger partial charge in [0.25, 0.3) is 0 Å². The molecule has 0 saturated heterocycles. The Bertz CT molecular complexity index is 201. The number of rotatable bonds is 1. The van der Waals surface area contributed by atoms with E-state index in [1.807, 2.05) is 17.9 Å². The summed E-state index contributed by atoms with van der Waals surface area (Å²) in [6.07, 6.45) is 3.84. The third-order valence-electron chi connectivity index (χ3n) is 1.56. The maximum atomic E-state index is 4.23. The molecule has 0 N–H and O–H groups in total. The van der Waals surface area contributed by atoms with Crippen molar-refractivity contribution in [3.05, 3.63) is 24.6 Å². The van der Waals surface area contributed by atoms with Crippen LogP contribution in [0.4, 0.5) is 0 Å². The molecule has 0 aromatic rings. The molecule has 0 unspecified atom stereocenters. The van der Waals surface area contributed by atoms with Gasteiger partial charge in [0.1, 0.15) is 6.67 Å². The second-order valence-corrected chi connectivity index (χ2v) is 2.38. The van der Waals surface area contributed by atoms with Gasteiger partial charge in [-0.25, -0.2) is 0 Å². The quantitative estimate of drug-likeness (QED) is 0.536. The summed E-state index contributed by atoms with van der Waals surface area (Å²) >= 11 is 0. The van der Waals surface area contributed by atoms with Crippen molar-refractivity contribution in [1.82, 2.24) is 4.90 Å². The first kappa shape index (κ1) is 7.06. The van der Waals surface area contributed by atoms with Crippen LogP contribution in [0.3, 0.4) is 0 Å². The van der Waals surface area contributed by atoms with E-state index in [2.05, 4.69) is 18.5 Å². The first-order valence-corrected chi connectivity index (χ1v) is 3.32. The van der Waals surface area contributed by atoms with E-state index in [9.17, 15) is 0 Å². The minimum atomic E-state index is 0.720. The zero-order chi connectivity index (χ0) is 7.56. The lowest BCUT2D eigenvalue weighted by Crippen LogP contribution is -2.19. The molecule has 0 saturated carbocycles. The largest absolute Gasteiger partial charge is 0.333 e. The maximum Gasteiger partial charge on any atom is 0.114 e. The summed E-state index contributed by atoms with van der Waals surface area (Å²) in [7, 11) is 0. The van der Waals surface area contributed by atoms with Gasteiger partial charge in [-0.2, -0.15) is 0 Å². The van der Waals surface area contributed by atoms with Crippen LogP contribution in [0, 0.1) is 0 Å². The van der Waals surface area contributed by atoms with Crippen LogP contribution in [0.5, 0.6) is 0 Å². The van der Waals surface area contributed by atoms with Gasteiger partial charge in [-0.1, -0.05) is 6.58 Å². The van der Waals surface area contributed by atoms with Crippen molar-refractivity contribution < 1.29 is 0 Å². The zero-order valence-electron chi connectivity index (χ0n) is 6.46. The van der Waals surface area contributed by atoms with Crippen LogP contribution in [0.25, 0.3) is 0 Å². The standard InChI is InChI=1S/C8H12N2/c1-4-10-6-9-7(2)5-8(10)3/h4-5H,1,6H2,2-3H3. The molecule has 0 bridgehead atoms. The molecule has 0 spiro atoms. The molecule has 0 aromatic carbocycles. The smallest absolute Gasteiger partial charge is 0.114 e. The highest BCUT2D eigenvalue weighted by Gasteiger charge is 2.04. The molecule has 0 amide bonds. The van der Waals surface area contributed by atoms with E-state index >= 15 is 0 Å². The van der Waals surface area contributed by atoms with E-state index in [1.165, 1.54) is 5.70 Å². The highest BCUT2D eigenvalue weighted by Crippen LogP contribution is 2.08. The van der Waals surface area contributed by atoms with Crippen molar-refractivity contribution in [2.75, 3.05) is 6.67 Å². The Morgan fingerprint density at radius 1 is 1.70 bits per heavy atom. The van der Waals surface area contributed by atoms with Crippen LogP contribution in [0.2, 0.25) is 0 Å². The van der Waals surface area contributed by atoms with Crippen LogP contribution < -0.4 is 0 Å². The van der Waals surface area contributed by atoms with Gasteiger partial charge >= 0.3 is 0 Å². The summed E-state index contributed by atoms with van der Waals surface area (Å²) < 4.78 is 0. The molecule has 0 aliphatic carbocycles. The highest BCUT2D eigenvalue weighted by atomic mass is 15.2. The Morgan fingerprint density at radius 3 is 2.90 bits per heavy atom. The minimum absolute atomic E-state index is 0.720. The van der Waals surface area contributed by atoms with Gasteiger partial charge < -0.3 is 4.90 Å². The van der Waals surface area contributed by atoms with Gasteiger partial charge in [-0.3, -0.25) is 4.99 Å². The summed E-state index contributed by atoms with van der Waals surface area (Å²) in [4.78, 5) is 6.23. The van der Waals surface area contributed by atoms with Crippen molar-refractivity contribution >= 4 is 5.71 Å². The first-order valence-electron chi connectivity index (χ1n) is 3.32. The van der Waals surface area contributed by atoms with E-state index in [4.69, 9.17) is 0 Å². The third kappa shape index (κ3) is 1.26. The van der Waals surface area contributed by atoms with Crippen LogP contribution in [-0.4, -0.2) is 17.3 Å². The minimum Gasteiger partial charge on any atom is -0.333 e. The molecule has 0 aromatic heterocycles. The topological polar surface area (TPSA) is 15.6 Å². The Hall–Kier alpha value is -1.05. The van der Waals surface area contributed by atoms with Gasteiger partial charge in [-0.15, -0.1) is 0 Å². The second-order valence-electron chi connectivity index (χ2n) is 2.38. The van der Waals surface area contributed by atoms with Gasteiger partial charge in [0.15, 0.2) is 0 Å². The number of hydrogen-bond acceptors (Lipinski definition) is 2. The van der Waals surface area contributed by atoms with Crippen LogP contribution >= 0.6 is 0 Å². The van der Waals surface area contributed by atoms with E-state index in [0.717, 1.165) is 12.4 Å². The molecule has 54 valence electrons. The van der Waals surface area contributed by atoms with Gasteiger partial charge in [-0.05, 0) is 26.1 Å². The van der Waals surface area contributed by atoms with E-state index in [1.54, 1.807) is 6.20 Å². The Labute approximate surface area is 61.6 Å². The average Bonchev–Trinajstić information content (AvgIpc) is 1.88. The SMILES string of the molecule is C=CN1CN=C(C)C=C1C. The molecular formula is C8H12N2. The van der Waals surface area contributed by atoms with E-state index in [0.29, 0.717) is 0 Å². The Morgan fingerprint density at radius 2 is 2.40 bits per heavy atom. The monoisotopic (exact) mass is 136 g/mol. The molecule has 0 atom stereocenters. The van der Waals surface area contributed by atoms with Crippen molar-refractivity contribution in [3.8, 4) is 0 Å². The summed E-state index contributed by atoms with van der Waals surface area (Å²) in [6.45, 7) is 8.45. The fraction of sp³-hybridized carbons (Fsp3) is 0.375. The van der Waals surface area contributed by atoms with Gasteiger partial charge in [0, 0.05) is 11.4 Å². The number of aliphatic imine (C=N–C) groups is 1. The highest BCUT2D eigenvalue weighted by molar-refractivity contribution is 5.93. The van der Waals surface area contributed by atoms with Crippen LogP contribution in [-0.2, 0) is 0 Å². The average molecular weight is 136 g/mol. The summed E-state index contributed by atoms with van der Waals surface area (Å²) in [5.41, 5.74) is 2.30. The molecule has 2 nitrogen and oxygen atoms in total. The Balaban J connectivity index is 2.77. The molecule has 1 heterocycles. The summed E-state index contributed by atoms with van der Waals surface area (Å²) in [6, 6.07) is 0. The van der Waals surface area contributed by atoms with Crippen molar-refractivity contribution in [2.24, 2.45) is 4.99 Å².